The third-order valence-electron chi connectivity index (χ3n) is 4.16. The molecule has 3 N–H and O–H groups in total. The molecule has 2 aromatic carbocycles. The number of aromatic hydroxyl groups is 1. The van der Waals surface area contributed by atoms with Gasteiger partial charge in [-0.05, 0) is 52.3 Å². The number of aliphatic carboxylic acids is 1. The summed E-state index contributed by atoms with van der Waals surface area (Å²) in [6, 6.07) is 11.4. The normalized spacial score (nSPS) is 12.2. The molecule has 0 spiro atoms. The van der Waals surface area contributed by atoms with Crippen LogP contribution in [-0.4, -0.2) is 22.3 Å². The number of benzene rings is 2. The predicted octanol–water partition coefficient (Wildman–Crippen LogP) is 5.75. The van der Waals surface area contributed by atoms with Gasteiger partial charge in [0.1, 0.15) is 11.9 Å². The van der Waals surface area contributed by atoms with Crippen molar-refractivity contribution in [1.29, 1.82) is 5.26 Å². The second kappa shape index (κ2) is 9.78. The molecule has 156 valence electrons. The minimum absolute atomic E-state index is 0.133. The maximum atomic E-state index is 12.6. The average molecular weight is 538 g/mol. The van der Waals surface area contributed by atoms with Crippen LogP contribution in [0.2, 0.25) is 0 Å². The van der Waals surface area contributed by atoms with Gasteiger partial charge in [-0.1, -0.05) is 35.9 Å². The van der Waals surface area contributed by atoms with Crippen molar-refractivity contribution >= 4 is 49.6 Å². The summed E-state index contributed by atoms with van der Waals surface area (Å²) in [6.07, 6.45) is 0.514. The van der Waals surface area contributed by atoms with E-state index in [-0.39, 0.29) is 11.3 Å². The standard InChI is InChI=1S/C21H18Br2N2O5/c1-21(2,8-7-17(26)27)19(15-9-13(22)10-16(23)18(15)28)30-20(29)25-14-5-3-12(11-24)4-6-14/h3-10,19,28H,1-2H3,(H,25,29)(H,26,27)/b8-7+/t19-/m0/s1. The number of phenolic OH excluding ortho intramolecular Hbond substituents is 1. The minimum Gasteiger partial charge on any atom is -0.506 e. The van der Waals surface area contributed by atoms with E-state index >= 15 is 0 Å². The molecule has 0 radical (unpaired) electrons. The van der Waals surface area contributed by atoms with Gasteiger partial charge >= 0.3 is 12.1 Å². The van der Waals surface area contributed by atoms with Gasteiger partial charge < -0.3 is 14.9 Å². The van der Waals surface area contributed by atoms with E-state index in [1.807, 2.05) is 6.07 Å². The van der Waals surface area contributed by atoms with E-state index in [1.165, 1.54) is 6.08 Å². The van der Waals surface area contributed by atoms with Gasteiger partial charge in [0, 0.05) is 27.2 Å². The smallest absolute Gasteiger partial charge is 0.412 e. The average Bonchev–Trinajstić information content (AvgIpc) is 2.68. The molecule has 1 amide bonds. The topological polar surface area (TPSA) is 120 Å². The van der Waals surface area contributed by atoms with Crippen molar-refractivity contribution in [2.75, 3.05) is 5.32 Å². The third kappa shape index (κ3) is 6.08. The lowest BCUT2D eigenvalue weighted by Gasteiger charge is -2.32. The number of carbonyl (C=O) groups is 2. The zero-order chi connectivity index (χ0) is 22.5. The number of nitrogens with zero attached hydrogens (tertiary/aromatic N) is 1. The lowest BCUT2D eigenvalue weighted by molar-refractivity contribution is -0.131. The Bertz CT molecular complexity index is 1030. The van der Waals surface area contributed by atoms with E-state index in [4.69, 9.17) is 15.1 Å². The van der Waals surface area contributed by atoms with E-state index in [1.54, 1.807) is 50.2 Å². The highest BCUT2D eigenvalue weighted by Crippen LogP contribution is 2.45. The maximum Gasteiger partial charge on any atom is 0.412 e. The molecule has 30 heavy (non-hydrogen) atoms. The van der Waals surface area contributed by atoms with Gasteiger partial charge in [-0.25, -0.2) is 9.59 Å². The zero-order valence-corrected chi connectivity index (χ0v) is 19.2. The Morgan fingerprint density at radius 3 is 2.43 bits per heavy atom. The molecule has 0 unspecified atom stereocenters. The largest absolute Gasteiger partial charge is 0.506 e. The number of hydrogen-bond donors (Lipinski definition) is 3. The van der Waals surface area contributed by atoms with Gasteiger partial charge in [0.15, 0.2) is 0 Å². The number of nitrogens with one attached hydrogen (secondary N) is 1. The second-order valence-corrected chi connectivity index (χ2v) is 8.69. The van der Waals surface area contributed by atoms with Crippen LogP contribution in [-0.2, 0) is 9.53 Å². The molecule has 0 bridgehead atoms. The number of hydrogen-bond acceptors (Lipinski definition) is 5. The van der Waals surface area contributed by atoms with Crippen LogP contribution in [0.3, 0.4) is 0 Å². The van der Waals surface area contributed by atoms with Crippen molar-refractivity contribution in [3.05, 3.63) is 68.6 Å². The Morgan fingerprint density at radius 2 is 1.87 bits per heavy atom. The molecule has 7 nitrogen and oxygen atoms in total. The quantitative estimate of drug-likeness (QED) is 0.404. The van der Waals surface area contributed by atoms with Crippen molar-refractivity contribution in [2.24, 2.45) is 5.41 Å². The molecule has 0 heterocycles. The summed E-state index contributed by atoms with van der Waals surface area (Å²) in [4.78, 5) is 23.6. The number of amides is 1. The summed E-state index contributed by atoms with van der Waals surface area (Å²) in [5, 5.41) is 31.0. The summed E-state index contributed by atoms with van der Waals surface area (Å²) in [7, 11) is 0. The highest BCUT2D eigenvalue weighted by molar-refractivity contribution is 9.11. The minimum atomic E-state index is -1.15. The summed E-state index contributed by atoms with van der Waals surface area (Å²) in [5.41, 5.74) is 0.149. The van der Waals surface area contributed by atoms with Crippen molar-refractivity contribution in [1.82, 2.24) is 0 Å². The van der Waals surface area contributed by atoms with Gasteiger partial charge in [0.25, 0.3) is 0 Å². The highest BCUT2D eigenvalue weighted by Gasteiger charge is 2.35. The molecule has 0 aliphatic carbocycles. The number of carboxylic acids is 1. The number of phenols is 1. The van der Waals surface area contributed by atoms with Gasteiger partial charge in [0.05, 0.1) is 16.1 Å². The van der Waals surface area contributed by atoms with Crippen LogP contribution in [0.4, 0.5) is 10.5 Å². The molecule has 0 aliphatic heterocycles. The Labute approximate surface area is 190 Å². The van der Waals surface area contributed by atoms with Crippen LogP contribution in [0.5, 0.6) is 5.75 Å². The van der Waals surface area contributed by atoms with Crippen LogP contribution in [0.15, 0.2) is 57.5 Å². The fraction of sp³-hybridized carbons (Fsp3) is 0.190. The molecule has 1 atom stereocenters. The van der Waals surface area contributed by atoms with Gasteiger partial charge in [-0.2, -0.15) is 5.26 Å². The van der Waals surface area contributed by atoms with Gasteiger partial charge in [-0.15, -0.1) is 0 Å². The van der Waals surface area contributed by atoms with Crippen molar-refractivity contribution < 1.29 is 24.5 Å². The van der Waals surface area contributed by atoms with E-state index in [0.29, 0.717) is 20.2 Å². The molecular formula is C21H18Br2N2O5. The van der Waals surface area contributed by atoms with Crippen LogP contribution in [0.25, 0.3) is 0 Å². The van der Waals surface area contributed by atoms with Crippen molar-refractivity contribution in [3.8, 4) is 11.8 Å². The summed E-state index contributed by atoms with van der Waals surface area (Å²) in [6.45, 7) is 3.36. The number of nitriles is 1. The fourth-order valence-corrected chi connectivity index (χ4v) is 3.92. The maximum absolute atomic E-state index is 12.6. The molecule has 0 aromatic heterocycles. The number of carbonyl (C=O) groups excluding carboxylic acids is 1. The van der Waals surface area contributed by atoms with E-state index in [2.05, 4.69) is 37.2 Å². The Hall–Kier alpha value is -2.83. The van der Waals surface area contributed by atoms with E-state index in [9.17, 15) is 14.7 Å². The first kappa shape index (κ1) is 23.4. The Balaban J connectivity index is 2.39. The van der Waals surface area contributed by atoms with Crippen molar-refractivity contribution in [3.63, 3.8) is 0 Å². The van der Waals surface area contributed by atoms with Gasteiger partial charge in [-0.3, -0.25) is 5.32 Å². The van der Waals surface area contributed by atoms with E-state index < -0.39 is 23.6 Å². The Morgan fingerprint density at radius 1 is 1.23 bits per heavy atom. The number of halogens is 2. The Kier molecular flexibility index (Phi) is 7.65. The third-order valence-corrected chi connectivity index (χ3v) is 5.22. The zero-order valence-electron chi connectivity index (χ0n) is 16.0. The molecule has 0 aliphatic rings. The first-order valence-corrected chi connectivity index (χ1v) is 10.2. The van der Waals surface area contributed by atoms with Crippen LogP contribution >= 0.6 is 31.9 Å². The molecule has 9 heteroatoms. The summed E-state index contributed by atoms with van der Waals surface area (Å²) in [5.74, 6) is -1.28. The lowest BCUT2D eigenvalue weighted by atomic mass is 9.81. The lowest BCUT2D eigenvalue weighted by Crippen LogP contribution is -2.28. The SMILES string of the molecule is CC(C)(/C=C/C(=O)O)[C@@H](OC(=O)Nc1ccc(C#N)cc1)c1cc(Br)cc(Br)c1O. The summed E-state index contributed by atoms with van der Waals surface area (Å²) < 4.78 is 6.63. The fourth-order valence-electron chi connectivity index (χ4n) is 2.66. The molecule has 0 saturated carbocycles. The molecule has 2 rings (SSSR count). The predicted molar refractivity (Wildman–Crippen MR) is 118 cm³/mol. The number of rotatable bonds is 6. The van der Waals surface area contributed by atoms with Crippen LogP contribution < -0.4 is 5.32 Å². The van der Waals surface area contributed by atoms with Crippen molar-refractivity contribution in [2.45, 2.75) is 20.0 Å². The van der Waals surface area contributed by atoms with E-state index in [0.717, 1.165) is 6.08 Å². The van der Waals surface area contributed by atoms with Crippen LogP contribution in [0, 0.1) is 16.7 Å². The first-order chi connectivity index (χ1) is 14.0. The number of anilines is 1. The monoisotopic (exact) mass is 536 g/mol. The molecule has 0 fully saturated rings. The number of ether oxygens (including phenoxy) is 1. The second-order valence-electron chi connectivity index (χ2n) is 6.92. The summed E-state index contributed by atoms with van der Waals surface area (Å²) >= 11 is 6.60. The molecule has 0 saturated heterocycles. The van der Waals surface area contributed by atoms with Gasteiger partial charge in [0.2, 0.25) is 0 Å². The first-order valence-electron chi connectivity index (χ1n) is 8.61. The number of carboxylic acid groups (broad SMARTS) is 1. The molecular weight excluding hydrogens is 520 g/mol. The molecule has 2 aromatic rings. The van der Waals surface area contributed by atoms with Crippen LogP contribution in [0.1, 0.15) is 31.1 Å². The highest BCUT2D eigenvalue weighted by atomic mass is 79.9.